The lowest BCUT2D eigenvalue weighted by Gasteiger charge is -2.42. The predicted molar refractivity (Wildman–Crippen MR) is 129 cm³/mol. The van der Waals surface area contributed by atoms with Crippen molar-refractivity contribution in [2.24, 2.45) is 0 Å². The summed E-state index contributed by atoms with van der Waals surface area (Å²) in [6.45, 7) is 14.9. The largest absolute Gasteiger partial charge is 0.450 e. The molecular formula is C25H40O8Si. The van der Waals surface area contributed by atoms with Gasteiger partial charge in [0.25, 0.3) is 0 Å². The van der Waals surface area contributed by atoms with Crippen molar-refractivity contribution < 1.29 is 38.0 Å². The van der Waals surface area contributed by atoms with Gasteiger partial charge in [0, 0.05) is 21.8 Å². The Balaban J connectivity index is 1.83. The second-order valence-corrected chi connectivity index (χ2v) is 16.6. The first-order chi connectivity index (χ1) is 15.8. The van der Waals surface area contributed by atoms with Crippen LogP contribution < -0.4 is 0 Å². The lowest BCUT2D eigenvalue weighted by molar-refractivity contribution is -0.297. The molecule has 0 saturated carbocycles. The van der Waals surface area contributed by atoms with Gasteiger partial charge in [-0.3, -0.25) is 0 Å². The molecule has 8 nitrogen and oxygen atoms in total. The molecule has 2 aliphatic rings. The van der Waals surface area contributed by atoms with E-state index in [4.69, 9.17) is 33.2 Å². The second kappa shape index (κ2) is 10.7. The highest BCUT2D eigenvalue weighted by Gasteiger charge is 2.57. The van der Waals surface area contributed by atoms with Gasteiger partial charge in [0.1, 0.15) is 18.3 Å². The minimum atomic E-state index is -1.35. The van der Waals surface area contributed by atoms with Gasteiger partial charge < -0.3 is 33.2 Å². The quantitative estimate of drug-likeness (QED) is 0.271. The van der Waals surface area contributed by atoms with Gasteiger partial charge in [0.05, 0.1) is 12.2 Å². The summed E-state index contributed by atoms with van der Waals surface area (Å²) < 4.78 is 42.2. The van der Waals surface area contributed by atoms with Gasteiger partial charge in [-0.25, -0.2) is 4.79 Å². The number of rotatable bonds is 10. The van der Waals surface area contributed by atoms with Crippen LogP contribution in [0.3, 0.4) is 0 Å². The van der Waals surface area contributed by atoms with Gasteiger partial charge in [-0.15, -0.1) is 0 Å². The number of hydrogen-bond acceptors (Lipinski definition) is 8. The molecule has 0 unspecified atom stereocenters. The second-order valence-electron chi connectivity index (χ2n) is 10.9. The molecule has 0 amide bonds. The van der Waals surface area contributed by atoms with Gasteiger partial charge in [0.2, 0.25) is 0 Å². The maximum Gasteiger partial charge on any atom is 0.338 e. The maximum atomic E-state index is 13.0. The fourth-order valence-corrected chi connectivity index (χ4v) is 4.55. The molecule has 0 aliphatic carbocycles. The van der Waals surface area contributed by atoms with Crippen LogP contribution in [0, 0.1) is 0 Å². The Bertz CT molecular complexity index is 807. The van der Waals surface area contributed by atoms with Crippen LogP contribution in [0.15, 0.2) is 30.3 Å². The monoisotopic (exact) mass is 496 g/mol. The van der Waals surface area contributed by atoms with E-state index in [1.807, 2.05) is 33.8 Å². The van der Waals surface area contributed by atoms with Crippen molar-refractivity contribution in [1.29, 1.82) is 0 Å². The summed E-state index contributed by atoms with van der Waals surface area (Å²) in [7, 11) is 0.242. The highest BCUT2D eigenvalue weighted by molar-refractivity contribution is 6.76. The fraction of sp³-hybridized carbons (Fsp3) is 0.720. The Labute approximate surface area is 204 Å². The van der Waals surface area contributed by atoms with Crippen LogP contribution >= 0.6 is 0 Å². The third-order valence-electron chi connectivity index (χ3n) is 5.90. The van der Waals surface area contributed by atoms with Crippen LogP contribution in [0.4, 0.5) is 0 Å². The standard InChI is InChI=1S/C25H40O8Si/c1-24(2,27-5)29-16-18-19-20(33-25(3,4)32-19)21(23(30-18)28-14-15-34(6,7)8)31-22(26)17-12-10-9-11-13-17/h9-13,18-21,23H,14-16H2,1-8H3/t18-,19+,20+,21-,23-/m1/s1. The number of benzene rings is 1. The van der Waals surface area contributed by atoms with E-state index in [0.717, 1.165) is 6.04 Å². The van der Waals surface area contributed by atoms with Crippen molar-refractivity contribution in [3.8, 4) is 0 Å². The zero-order valence-electron chi connectivity index (χ0n) is 21.7. The number of hydrogen-bond donors (Lipinski definition) is 0. The van der Waals surface area contributed by atoms with Gasteiger partial charge in [-0.2, -0.15) is 0 Å². The Morgan fingerprint density at radius 3 is 2.35 bits per heavy atom. The molecule has 2 saturated heterocycles. The van der Waals surface area contributed by atoms with E-state index in [1.165, 1.54) is 0 Å². The number of carbonyl (C=O) groups is 1. The first kappa shape index (κ1) is 27.3. The summed E-state index contributed by atoms with van der Waals surface area (Å²) >= 11 is 0. The molecule has 0 bridgehead atoms. The summed E-state index contributed by atoms with van der Waals surface area (Å²) in [5.74, 6) is -2.13. The number of esters is 1. The van der Waals surface area contributed by atoms with E-state index in [1.54, 1.807) is 31.4 Å². The van der Waals surface area contributed by atoms with E-state index in [9.17, 15) is 4.79 Å². The molecule has 5 atom stereocenters. The zero-order chi connectivity index (χ0) is 25.1. The summed E-state index contributed by atoms with van der Waals surface area (Å²) in [5.41, 5.74) is 0.449. The minimum absolute atomic E-state index is 0.203. The predicted octanol–water partition coefficient (Wildman–Crippen LogP) is 4.21. The zero-order valence-corrected chi connectivity index (χ0v) is 22.7. The smallest absolute Gasteiger partial charge is 0.338 e. The number of methoxy groups -OCH3 is 1. The molecule has 2 aliphatic heterocycles. The number of ether oxygens (including phenoxy) is 7. The molecule has 0 aromatic heterocycles. The number of fused-ring (bicyclic) bond motifs is 1. The average Bonchev–Trinajstić information content (AvgIpc) is 3.09. The molecule has 3 rings (SSSR count). The topological polar surface area (TPSA) is 81.7 Å². The molecule has 1 aromatic carbocycles. The van der Waals surface area contributed by atoms with Crippen LogP contribution in [0.1, 0.15) is 38.1 Å². The van der Waals surface area contributed by atoms with Crippen molar-refractivity contribution in [3.63, 3.8) is 0 Å². The third kappa shape index (κ3) is 7.33. The van der Waals surface area contributed by atoms with Crippen LogP contribution in [0.25, 0.3) is 0 Å². The first-order valence-electron chi connectivity index (χ1n) is 11.9. The minimum Gasteiger partial charge on any atom is -0.450 e. The van der Waals surface area contributed by atoms with Gasteiger partial charge in [0.15, 0.2) is 24.0 Å². The normalized spacial score (nSPS) is 29.0. The average molecular weight is 497 g/mol. The highest BCUT2D eigenvalue weighted by atomic mass is 28.3. The van der Waals surface area contributed by atoms with Crippen LogP contribution in [-0.2, 0) is 33.2 Å². The fourth-order valence-electron chi connectivity index (χ4n) is 3.82. The Morgan fingerprint density at radius 2 is 1.74 bits per heavy atom. The van der Waals surface area contributed by atoms with Crippen LogP contribution in [0.5, 0.6) is 0 Å². The molecule has 34 heavy (non-hydrogen) atoms. The highest BCUT2D eigenvalue weighted by Crippen LogP contribution is 2.39. The Morgan fingerprint density at radius 1 is 1.09 bits per heavy atom. The van der Waals surface area contributed by atoms with Gasteiger partial charge in [-0.05, 0) is 45.9 Å². The third-order valence-corrected chi connectivity index (χ3v) is 7.61. The maximum absolute atomic E-state index is 13.0. The van der Waals surface area contributed by atoms with E-state index >= 15 is 0 Å². The lowest BCUT2D eigenvalue weighted by atomic mass is 9.99. The van der Waals surface area contributed by atoms with Gasteiger partial charge in [-0.1, -0.05) is 37.8 Å². The van der Waals surface area contributed by atoms with Crippen LogP contribution in [0.2, 0.25) is 25.7 Å². The molecule has 0 spiro atoms. The Kier molecular flexibility index (Phi) is 8.61. The van der Waals surface area contributed by atoms with Crippen molar-refractivity contribution in [2.45, 2.75) is 95.7 Å². The summed E-state index contributed by atoms with van der Waals surface area (Å²) in [6.07, 6.45) is -3.19. The number of carbonyl (C=O) groups excluding carboxylic acids is 1. The lowest BCUT2D eigenvalue weighted by Crippen LogP contribution is -2.60. The molecule has 2 fully saturated rings. The molecular weight excluding hydrogens is 456 g/mol. The van der Waals surface area contributed by atoms with Crippen molar-refractivity contribution >= 4 is 14.0 Å². The molecule has 0 radical (unpaired) electrons. The Hall–Kier alpha value is -1.33. The summed E-state index contributed by atoms with van der Waals surface area (Å²) in [6, 6.07) is 9.81. The summed E-state index contributed by atoms with van der Waals surface area (Å²) in [4.78, 5) is 13.0. The van der Waals surface area contributed by atoms with Gasteiger partial charge >= 0.3 is 5.97 Å². The summed E-state index contributed by atoms with van der Waals surface area (Å²) in [5, 5.41) is 0. The van der Waals surface area contributed by atoms with Crippen molar-refractivity contribution in [1.82, 2.24) is 0 Å². The van der Waals surface area contributed by atoms with Crippen molar-refractivity contribution in [2.75, 3.05) is 20.3 Å². The van der Waals surface area contributed by atoms with E-state index < -0.39 is 56.3 Å². The SMILES string of the molecule is COC(C)(C)OC[C@H]1O[C@@H](OCC[Si](C)(C)C)[C@H](OC(=O)c2ccccc2)[C@H]2OC(C)(C)O[C@H]21. The van der Waals surface area contributed by atoms with E-state index in [0.29, 0.717) is 12.2 Å². The first-order valence-corrected chi connectivity index (χ1v) is 15.6. The molecule has 0 N–H and O–H groups in total. The molecule has 9 heteroatoms. The molecule has 192 valence electrons. The van der Waals surface area contributed by atoms with Crippen LogP contribution in [-0.4, -0.2) is 76.6 Å². The molecule has 2 heterocycles. The van der Waals surface area contributed by atoms with Crippen molar-refractivity contribution in [3.05, 3.63) is 35.9 Å². The van der Waals surface area contributed by atoms with E-state index in [-0.39, 0.29) is 6.61 Å². The molecule has 1 aromatic rings. The van der Waals surface area contributed by atoms with E-state index in [2.05, 4.69) is 19.6 Å².